The molecule has 2 N–H and O–H groups in total. The van der Waals surface area contributed by atoms with E-state index in [-0.39, 0.29) is 12.1 Å². The lowest BCUT2D eigenvalue weighted by Gasteiger charge is -2.24. The Labute approximate surface area is 122 Å². The molecule has 2 atom stereocenters. The van der Waals surface area contributed by atoms with E-state index >= 15 is 0 Å². The summed E-state index contributed by atoms with van der Waals surface area (Å²) in [5.41, 5.74) is 1.12. The van der Waals surface area contributed by atoms with E-state index in [1.807, 2.05) is 24.3 Å². The molecule has 114 valence electrons. The van der Waals surface area contributed by atoms with Crippen LogP contribution in [0.3, 0.4) is 0 Å². The molecule has 1 unspecified atom stereocenters. The molecule has 20 heavy (non-hydrogen) atoms. The molecule has 0 radical (unpaired) electrons. The fourth-order valence-electron chi connectivity index (χ4n) is 2.29. The standard InChI is InChI=1S/C16H28N2O2/c1-5-18(6-2)12-14(19)11-17-13(3)15-9-7-8-10-16(15)20-4/h7-10,13-14,17,19H,5-6,11-12H2,1-4H3/t13-,14?/m1/s1. The molecule has 1 aromatic carbocycles. The van der Waals surface area contributed by atoms with Gasteiger partial charge in [-0.25, -0.2) is 0 Å². The molecule has 0 saturated heterocycles. The van der Waals surface area contributed by atoms with Gasteiger partial charge in [-0.05, 0) is 26.1 Å². The van der Waals surface area contributed by atoms with Gasteiger partial charge in [0.2, 0.25) is 0 Å². The van der Waals surface area contributed by atoms with Gasteiger partial charge in [-0.3, -0.25) is 0 Å². The second kappa shape index (κ2) is 8.95. The van der Waals surface area contributed by atoms with Gasteiger partial charge in [-0.1, -0.05) is 32.0 Å². The summed E-state index contributed by atoms with van der Waals surface area (Å²) in [5, 5.41) is 13.4. The molecule has 0 heterocycles. The summed E-state index contributed by atoms with van der Waals surface area (Å²) in [6, 6.07) is 8.12. The van der Waals surface area contributed by atoms with Gasteiger partial charge >= 0.3 is 0 Å². The van der Waals surface area contributed by atoms with Crippen LogP contribution in [-0.4, -0.2) is 49.4 Å². The summed E-state index contributed by atoms with van der Waals surface area (Å²) < 4.78 is 5.36. The predicted octanol–water partition coefficient (Wildman–Crippen LogP) is 2.05. The van der Waals surface area contributed by atoms with Crippen molar-refractivity contribution < 1.29 is 9.84 Å². The summed E-state index contributed by atoms with van der Waals surface area (Å²) in [4.78, 5) is 2.22. The van der Waals surface area contributed by atoms with E-state index in [1.165, 1.54) is 0 Å². The number of rotatable bonds is 9. The second-order valence-electron chi connectivity index (χ2n) is 5.01. The first kappa shape index (κ1) is 17.0. The predicted molar refractivity (Wildman–Crippen MR) is 83.2 cm³/mol. The number of aliphatic hydroxyl groups excluding tert-OH is 1. The van der Waals surface area contributed by atoms with Crippen molar-refractivity contribution in [2.45, 2.75) is 32.9 Å². The van der Waals surface area contributed by atoms with Gasteiger partial charge in [0, 0.05) is 24.7 Å². The Morgan fingerprint density at radius 1 is 1.25 bits per heavy atom. The average molecular weight is 280 g/mol. The van der Waals surface area contributed by atoms with Crippen LogP contribution in [0.4, 0.5) is 0 Å². The summed E-state index contributed by atoms with van der Waals surface area (Å²) in [7, 11) is 1.68. The first-order valence-corrected chi connectivity index (χ1v) is 7.39. The van der Waals surface area contributed by atoms with Crippen molar-refractivity contribution in [1.82, 2.24) is 10.2 Å². The van der Waals surface area contributed by atoms with Gasteiger partial charge in [0.25, 0.3) is 0 Å². The number of benzene rings is 1. The van der Waals surface area contributed by atoms with Crippen LogP contribution < -0.4 is 10.1 Å². The third-order valence-electron chi connectivity index (χ3n) is 3.63. The normalized spacial score (nSPS) is 14.3. The van der Waals surface area contributed by atoms with Crippen LogP contribution in [0, 0.1) is 0 Å². The zero-order valence-electron chi connectivity index (χ0n) is 13.1. The third kappa shape index (κ3) is 5.12. The second-order valence-corrected chi connectivity index (χ2v) is 5.01. The van der Waals surface area contributed by atoms with Gasteiger partial charge in [-0.15, -0.1) is 0 Å². The molecule has 1 aromatic rings. The quantitative estimate of drug-likeness (QED) is 0.727. The number of para-hydroxylation sites is 1. The van der Waals surface area contributed by atoms with Crippen molar-refractivity contribution in [3.63, 3.8) is 0 Å². The minimum Gasteiger partial charge on any atom is -0.496 e. The minimum atomic E-state index is -0.355. The number of hydrogen-bond acceptors (Lipinski definition) is 4. The highest BCUT2D eigenvalue weighted by atomic mass is 16.5. The first-order chi connectivity index (χ1) is 9.62. The van der Waals surface area contributed by atoms with Crippen molar-refractivity contribution >= 4 is 0 Å². The molecular formula is C16H28N2O2. The number of methoxy groups -OCH3 is 1. The van der Waals surface area contributed by atoms with E-state index in [4.69, 9.17) is 4.74 Å². The number of likely N-dealkylation sites (N-methyl/N-ethyl adjacent to an activating group) is 1. The zero-order chi connectivity index (χ0) is 15.0. The summed E-state index contributed by atoms with van der Waals surface area (Å²) >= 11 is 0. The molecule has 4 heteroatoms. The highest BCUT2D eigenvalue weighted by molar-refractivity contribution is 5.35. The van der Waals surface area contributed by atoms with Crippen molar-refractivity contribution in [2.75, 3.05) is 33.3 Å². The highest BCUT2D eigenvalue weighted by Gasteiger charge is 2.13. The largest absolute Gasteiger partial charge is 0.496 e. The fraction of sp³-hybridized carbons (Fsp3) is 0.625. The molecule has 0 aliphatic heterocycles. The molecule has 0 aliphatic carbocycles. The molecule has 4 nitrogen and oxygen atoms in total. The Morgan fingerprint density at radius 2 is 1.90 bits per heavy atom. The van der Waals surface area contributed by atoms with Gasteiger partial charge in [-0.2, -0.15) is 0 Å². The number of aliphatic hydroxyl groups is 1. The Morgan fingerprint density at radius 3 is 2.50 bits per heavy atom. The molecule has 0 saturated carbocycles. The lowest BCUT2D eigenvalue weighted by Crippen LogP contribution is -2.38. The molecule has 0 aliphatic rings. The van der Waals surface area contributed by atoms with Crippen LogP contribution >= 0.6 is 0 Å². The van der Waals surface area contributed by atoms with Gasteiger partial charge in [0.05, 0.1) is 13.2 Å². The topological polar surface area (TPSA) is 44.7 Å². The highest BCUT2D eigenvalue weighted by Crippen LogP contribution is 2.24. The lowest BCUT2D eigenvalue weighted by molar-refractivity contribution is 0.114. The SMILES string of the molecule is CCN(CC)CC(O)CN[C@H](C)c1ccccc1OC. The van der Waals surface area contributed by atoms with Crippen LogP contribution in [0.15, 0.2) is 24.3 Å². The number of hydrogen-bond donors (Lipinski definition) is 2. The smallest absolute Gasteiger partial charge is 0.123 e. The van der Waals surface area contributed by atoms with E-state index in [9.17, 15) is 5.11 Å². The van der Waals surface area contributed by atoms with Gasteiger partial charge in [0.15, 0.2) is 0 Å². The molecule has 0 bridgehead atoms. The fourth-order valence-corrected chi connectivity index (χ4v) is 2.29. The summed E-state index contributed by atoms with van der Waals surface area (Å²) in [6.45, 7) is 9.53. The van der Waals surface area contributed by atoms with E-state index < -0.39 is 0 Å². The molecule has 1 rings (SSSR count). The van der Waals surface area contributed by atoms with E-state index in [0.717, 1.165) is 24.4 Å². The maximum absolute atomic E-state index is 10.1. The van der Waals surface area contributed by atoms with Gasteiger partial charge < -0.3 is 20.1 Å². The van der Waals surface area contributed by atoms with E-state index in [1.54, 1.807) is 7.11 Å². The van der Waals surface area contributed by atoms with Crippen LogP contribution in [0.2, 0.25) is 0 Å². The molecule has 0 spiro atoms. The molecular weight excluding hydrogens is 252 g/mol. The van der Waals surface area contributed by atoms with E-state index in [2.05, 4.69) is 31.0 Å². The summed E-state index contributed by atoms with van der Waals surface area (Å²) in [6.07, 6.45) is -0.355. The average Bonchev–Trinajstić information content (AvgIpc) is 2.50. The Balaban J connectivity index is 2.48. The maximum Gasteiger partial charge on any atom is 0.123 e. The molecule has 0 aromatic heterocycles. The van der Waals surface area contributed by atoms with Crippen LogP contribution in [0.5, 0.6) is 5.75 Å². The maximum atomic E-state index is 10.1. The monoisotopic (exact) mass is 280 g/mol. The molecule has 0 fully saturated rings. The van der Waals surface area contributed by atoms with Crippen LogP contribution in [-0.2, 0) is 0 Å². The number of ether oxygens (including phenoxy) is 1. The van der Waals surface area contributed by atoms with Crippen molar-refractivity contribution in [3.05, 3.63) is 29.8 Å². The third-order valence-corrected chi connectivity index (χ3v) is 3.63. The zero-order valence-corrected chi connectivity index (χ0v) is 13.1. The number of nitrogens with zero attached hydrogens (tertiary/aromatic N) is 1. The minimum absolute atomic E-state index is 0.150. The number of nitrogens with one attached hydrogen (secondary N) is 1. The van der Waals surface area contributed by atoms with Crippen molar-refractivity contribution in [2.24, 2.45) is 0 Å². The Kier molecular flexibility index (Phi) is 7.59. The molecule has 0 amide bonds. The lowest BCUT2D eigenvalue weighted by atomic mass is 10.1. The van der Waals surface area contributed by atoms with E-state index in [0.29, 0.717) is 13.1 Å². The first-order valence-electron chi connectivity index (χ1n) is 7.39. The Hall–Kier alpha value is -1.10. The summed E-state index contributed by atoms with van der Waals surface area (Å²) in [5.74, 6) is 0.880. The van der Waals surface area contributed by atoms with Crippen molar-refractivity contribution in [3.8, 4) is 5.75 Å². The van der Waals surface area contributed by atoms with Crippen molar-refractivity contribution in [1.29, 1.82) is 0 Å². The Bertz CT molecular complexity index is 380. The van der Waals surface area contributed by atoms with Crippen LogP contribution in [0.25, 0.3) is 0 Å². The van der Waals surface area contributed by atoms with Gasteiger partial charge in [0.1, 0.15) is 5.75 Å². The van der Waals surface area contributed by atoms with Crippen LogP contribution in [0.1, 0.15) is 32.4 Å².